The summed E-state index contributed by atoms with van der Waals surface area (Å²) in [5.41, 5.74) is 0.998. The highest BCUT2D eigenvalue weighted by atomic mass is 127. The minimum Gasteiger partial charge on any atom is -0.438 e. The van der Waals surface area contributed by atoms with Gasteiger partial charge >= 0.3 is 6.16 Å². The Labute approximate surface area is 129 Å². The lowest BCUT2D eigenvalue weighted by Gasteiger charge is -2.07. The molecule has 0 amide bonds. The summed E-state index contributed by atoms with van der Waals surface area (Å²) in [6.07, 6.45) is -0.653. The zero-order chi connectivity index (χ0) is 11.4. The first-order chi connectivity index (χ1) is 7.04. The summed E-state index contributed by atoms with van der Waals surface area (Å²) in [5, 5.41) is 0. The van der Waals surface area contributed by atoms with Crippen LogP contribution in [0.1, 0.15) is 5.56 Å². The number of benzene rings is 1. The molecule has 0 unspecified atom stereocenters. The molecule has 0 saturated carbocycles. The fraction of sp³-hybridized carbons (Fsp3) is 0.222. The maximum atomic E-state index is 10.8. The van der Waals surface area contributed by atoms with Crippen LogP contribution < -0.4 is 0 Å². The van der Waals surface area contributed by atoms with E-state index in [0.29, 0.717) is 0 Å². The summed E-state index contributed by atoms with van der Waals surface area (Å²) >= 11 is 6.73. The van der Waals surface area contributed by atoms with Crippen LogP contribution in [0.2, 0.25) is 0 Å². The van der Waals surface area contributed by atoms with E-state index in [0.717, 1.165) is 16.3 Å². The number of hydrogen-bond acceptors (Lipinski definition) is 3. The van der Waals surface area contributed by atoms with Crippen LogP contribution in [0.15, 0.2) is 12.1 Å². The number of hydrogen-bond donors (Lipinski definition) is 0. The fourth-order valence-corrected chi connectivity index (χ4v) is 3.34. The molecule has 82 valence electrons. The molecule has 15 heavy (non-hydrogen) atoms. The minimum atomic E-state index is -0.653. The maximum Gasteiger partial charge on any atom is 0.508 e. The monoisotopic (exact) mass is 544 g/mol. The Balaban J connectivity index is 2.81. The molecule has 0 bridgehead atoms. The molecule has 0 radical (unpaired) electrons. The lowest BCUT2D eigenvalue weighted by Crippen LogP contribution is -2.05. The Hall–Kier alpha value is 0.680. The Morgan fingerprint density at radius 2 is 2.00 bits per heavy atom. The molecule has 3 nitrogen and oxygen atoms in total. The van der Waals surface area contributed by atoms with Crippen LogP contribution in [0, 0.1) is 10.7 Å². The molecule has 0 aliphatic heterocycles. The third-order valence-electron chi connectivity index (χ3n) is 1.58. The van der Waals surface area contributed by atoms with Gasteiger partial charge < -0.3 is 9.47 Å². The average Bonchev–Trinajstić information content (AvgIpc) is 2.20. The van der Waals surface area contributed by atoms with Gasteiger partial charge in [-0.2, -0.15) is 0 Å². The summed E-state index contributed by atoms with van der Waals surface area (Å²) < 4.78 is 12.7. The first-order valence-corrected chi connectivity index (χ1v) is 7.12. The first kappa shape index (κ1) is 13.7. The fourth-order valence-electron chi connectivity index (χ4n) is 0.910. The van der Waals surface area contributed by atoms with Gasteiger partial charge in [-0.25, -0.2) is 4.79 Å². The minimum absolute atomic E-state index is 0.248. The molecule has 0 saturated heterocycles. The number of carbonyl (C=O) groups is 1. The van der Waals surface area contributed by atoms with Gasteiger partial charge in [0.2, 0.25) is 0 Å². The molecule has 0 N–H and O–H groups in total. The number of methoxy groups -OCH3 is 1. The first-order valence-electron chi connectivity index (χ1n) is 3.88. The van der Waals surface area contributed by atoms with Crippen molar-refractivity contribution in [3.8, 4) is 0 Å². The van der Waals surface area contributed by atoms with Gasteiger partial charge in [0.1, 0.15) is 6.61 Å². The zero-order valence-corrected chi connectivity index (χ0v) is 14.2. The summed E-state index contributed by atoms with van der Waals surface area (Å²) in [4.78, 5) is 10.8. The van der Waals surface area contributed by atoms with Crippen molar-refractivity contribution in [3.63, 3.8) is 0 Å². The van der Waals surface area contributed by atoms with Crippen LogP contribution in [-0.4, -0.2) is 13.3 Å². The largest absolute Gasteiger partial charge is 0.508 e. The van der Waals surface area contributed by atoms with E-state index in [1.807, 2.05) is 6.07 Å². The van der Waals surface area contributed by atoms with E-state index in [2.05, 4.69) is 78.6 Å². The van der Waals surface area contributed by atoms with Gasteiger partial charge in [0.25, 0.3) is 0 Å². The van der Waals surface area contributed by atoms with Crippen LogP contribution in [0.25, 0.3) is 0 Å². The summed E-state index contributed by atoms with van der Waals surface area (Å²) in [7, 11) is 1.30. The van der Waals surface area contributed by atoms with Crippen molar-refractivity contribution < 1.29 is 14.3 Å². The lowest BCUT2D eigenvalue weighted by atomic mass is 10.2. The quantitative estimate of drug-likeness (QED) is 0.324. The van der Waals surface area contributed by atoms with E-state index in [4.69, 9.17) is 4.74 Å². The molecule has 0 aliphatic rings. The Morgan fingerprint density at radius 3 is 2.60 bits per heavy atom. The molecule has 1 aromatic carbocycles. The van der Waals surface area contributed by atoms with E-state index in [1.54, 1.807) is 0 Å². The smallest absolute Gasteiger partial charge is 0.438 e. The highest BCUT2D eigenvalue weighted by Crippen LogP contribution is 2.23. The SMILES string of the molecule is COC(=O)OCc1cc(I)cc(I)c1I. The summed E-state index contributed by atoms with van der Waals surface area (Å²) in [5.74, 6) is 0. The average molecular weight is 544 g/mol. The summed E-state index contributed by atoms with van der Waals surface area (Å²) in [6, 6.07) is 4.07. The second kappa shape index (κ2) is 6.42. The molecule has 1 aromatic rings. The van der Waals surface area contributed by atoms with Crippen molar-refractivity contribution in [2.45, 2.75) is 6.61 Å². The summed E-state index contributed by atoms with van der Waals surface area (Å²) in [6.45, 7) is 0.248. The van der Waals surface area contributed by atoms with Crippen LogP contribution in [0.5, 0.6) is 0 Å². The number of ether oxygens (including phenoxy) is 2. The zero-order valence-electron chi connectivity index (χ0n) is 7.72. The van der Waals surface area contributed by atoms with Crippen LogP contribution in [-0.2, 0) is 16.1 Å². The van der Waals surface area contributed by atoms with E-state index >= 15 is 0 Å². The number of rotatable bonds is 2. The molecular formula is C9H7I3O3. The highest BCUT2D eigenvalue weighted by molar-refractivity contribution is 14.1. The third kappa shape index (κ3) is 4.21. The van der Waals surface area contributed by atoms with Crippen molar-refractivity contribution in [1.29, 1.82) is 0 Å². The molecule has 0 aromatic heterocycles. The topological polar surface area (TPSA) is 35.5 Å². The van der Waals surface area contributed by atoms with Gasteiger partial charge in [0.15, 0.2) is 0 Å². The molecular weight excluding hydrogens is 537 g/mol. The van der Waals surface area contributed by atoms with E-state index in [9.17, 15) is 4.79 Å². The standard InChI is InChI=1S/C9H7I3O3/c1-14-9(13)15-4-5-2-6(10)3-7(11)8(5)12/h2-3H,4H2,1H3. The van der Waals surface area contributed by atoms with Gasteiger partial charge in [0, 0.05) is 16.3 Å². The maximum absolute atomic E-state index is 10.8. The molecule has 0 spiro atoms. The third-order valence-corrected chi connectivity index (χ3v) is 5.36. The molecule has 1 rings (SSSR count). The van der Waals surface area contributed by atoms with Gasteiger partial charge in [-0.1, -0.05) is 0 Å². The highest BCUT2D eigenvalue weighted by Gasteiger charge is 2.08. The molecule has 0 atom stereocenters. The number of carbonyl (C=O) groups excluding carboxylic acids is 1. The molecule has 6 heteroatoms. The molecule has 0 heterocycles. The van der Waals surface area contributed by atoms with Crippen LogP contribution in [0.3, 0.4) is 0 Å². The van der Waals surface area contributed by atoms with Crippen LogP contribution >= 0.6 is 67.8 Å². The predicted octanol–water partition coefficient (Wildman–Crippen LogP) is 3.78. The van der Waals surface area contributed by atoms with Gasteiger partial charge in [-0.15, -0.1) is 0 Å². The normalized spacial score (nSPS) is 9.87. The van der Waals surface area contributed by atoms with Gasteiger partial charge in [0.05, 0.1) is 7.11 Å². The van der Waals surface area contributed by atoms with Crippen LogP contribution in [0.4, 0.5) is 4.79 Å². The van der Waals surface area contributed by atoms with Gasteiger partial charge in [-0.05, 0) is 79.9 Å². The van der Waals surface area contributed by atoms with Crippen molar-refractivity contribution in [2.24, 2.45) is 0 Å². The second-order valence-corrected chi connectivity index (χ2v) is 6.09. The van der Waals surface area contributed by atoms with E-state index in [1.165, 1.54) is 7.11 Å². The predicted molar refractivity (Wildman–Crippen MR) is 81.8 cm³/mol. The van der Waals surface area contributed by atoms with E-state index in [-0.39, 0.29) is 6.61 Å². The van der Waals surface area contributed by atoms with Crippen molar-refractivity contribution in [2.75, 3.05) is 7.11 Å². The molecule has 0 aliphatic carbocycles. The van der Waals surface area contributed by atoms with Crippen molar-refractivity contribution in [3.05, 3.63) is 28.4 Å². The van der Waals surface area contributed by atoms with Crippen molar-refractivity contribution in [1.82, 2.24) is 0 Å². The Kier molecular flexibility index (Phi) is 5.89. The van der Waals surface area contributed by atoms with E-state index < -0.39 is 6.16 Å². The number of halogens is 3. The Bertz CT molecular complexity index is 379. The lowest BCUT2D eigenvalue weighted by molar-refractivity contribution is 0.0667. The second-order valence-electron chi connectivity index (χ2n) is 2.60. The van der Waals surface area contributed by atoms with Crippen molar-refractivity contribution >= 4 is 73.9 Å². The van der Waals surface area contributed by atoms with Gasteiger partial charge in [-0.3, -0.25) is 0 Å². The Morgan fingerprint density at radius 1 is 1.33 bits per heavy atom. The molecule has 0 fully saturated rings.